The summed E-state index contributed by atoms with van der Waals surface area (Å²) in [7, 11) is 0. The maximum atomic E-state index is 12.5. The molecule has 1 aromatic heterocycles. The van der Waals surface area contributed by atoms with Gasteiger partial charge in [0.15, 0.2) is 0 Å². The summed E-state index contributed by atoms with van der Waals surface area (Å²) < 4.78 is 18.2. The van der Waals surface area contributed by atoms with Crippen LogP contribution in [0.4, 0.5) is 5.69 Å². The van der Waals surface area contributed by atoms with E-state index in [4.69, 9.17) is 14.2 Å². The zero-order valence-electron chi connectivity index (χ0n) is 20.1. The van der Waals surface area contributed by atoms with Gasteiger partial charge in [0.25, 0.3) is 11.2 Å². The summed E-state index contributed by atoms with van der Waals surface area (Å²) in [5.74, 6) is 0.452. The molecule has 1 saturated heterocycles. The van der Waals surface area contributed by atoms with Crippen molar-refractivity contribution < 1.29 is 29.3 Å². The van der Waals surface area contributed by atoms with Crippen LogP contribution in [0, 0.1) is 15.5 Å². The van der Waals surface area contributed by atoms with Gasteiger partial charge in [0, 0.05) is 18.7 Å². The first-order chi connectivity index (χ1) is 16.5. The molecular formula is C23H31N3O9. The van der Waals surface area contributed by atoms with Crippen LogP contribution >= 0.6 is 0 Å². The van der Waals surface area contributed by atoms with E-state index >= 15 is 0 Å². The third-order valence-electron chi connectivity index (χ3n) is 5.72. The molecule has 1 unspecified atom stereocenters. The number of hydrogen-bond donors (Lipinski definition) is 3. The highest BCUT2D eigenvalue weighted by Crippen LogP contribution is 2.42. The van der Waals surface area contributed by atoms with E-state index in [1.807, 2.05) is 20.8 Å². The molecule has 3 rings (SSSR count). The van der Waals surface area contributed by atoms with E-state index in [9.17, 15) is 29.9 Å². The van der Waals surface area contributed by atoms with Crippen LogP contribution in [0.3, 0.4) is 0 Å². The largest absolute Gasteiger partial charge is 0.494 e. The summed E-state index contributed by atoms with van der Waals surface area (Å²) in [5, 5.41) is 31.0. The van der Waals surface area contributed by atoms with Crippen molar-refractivity contribution in [2.75, 3.05) is 13.2 Å². The van der Waals surface area contributed by atoms with E-state index in [0.717, 1.165) is 4.57 Å². The van der Waals surface area contributed by atoms with Crippen molar-refractivity contribution in [3.8, 4) is 5.75 Å². The van der Waals surface area contributed by atoms with E-state index < -0.39 is 52.7 Å². The van der Waals surface area contributed by atoms with Crippen molar-refractivity contribution >= 4 is 5.69 Å². The van der Waals surface area contributed by atoms with Gasteiger partial charge in [0.2, 0.25) is 0 Å². The Kier molecular flexibility index (Phi) is 8.11. The molecule has 0 bridgehead atoms. The Labute approximate surface area is 201 Å². The Morgan fingerprint density at radius 3 is 2.63 bits per heavy atom. The molecule has 0 aliphatic carbocycles. The average Bonchev–Trinajstić information content (AvgIpc) is 3.14. The molecule has 2 aromatic rings. The summed E-state index contributed by atoms with van der Waals surface area (Å²) >= 11 is 0. The standard InChI is InChI=1S/C23H31N3O9/c1-5-33-14-6-7-16(26(31)32)15(8-14)20(23(2,3)4)34-12-13-10-25(22(30)24-21(13)29)19-9-17(28)18(11-27)35-19/h6-8,10,17-20,27-28H,5,9,11-12H2,1-4H3,(H,24,29,30)/t17?,18-,19-,20-/m1/s1. The molecule has 35 heavy (non-hydrogen) atoms. The molecule has 4 atom stereocenters. The second kappa shape index (κ2) is 10.7. The lowest BCUT2D eigenvalue weighted by Crippen LogP contribution is -2.35. The highest BCUT2D eigenvalue weighted by molar-refractivity contribution is 5.47. The van der Waals surface area contributed by atoms with Gasteiger partial charge in [-0.05, 0) is 24.5 Å². The van der Waals surface area contributed by atoms with Crippen LogP contribution < -0.4 is 16.0 Å². The van der Waals surface area contributed by atoms with Gasteiger partial charge >= 0.3 is 5.69 Å². The molecule has 1 aromatic carbocycles. The number of nitrogens with one attached hydrogen (secondary N) is 1. The maximum Gasteiger partial charge on any atom is 0.330 e. The van der Waals surface area contributed by atoms with Crippen molar-refractivity contribution in [3.63, 3.8) is 0 Å². The lowest BCUT2D eigenvalue weighted by molar-refractivity contribution is -0.386. The van der Waals surface area contributed by atoms with E-state index in [1.165, 1.54) is 18.3 Å². The first kappa shape index (κ1) is 26.5. The number of aromatic nitrogens is 2. The SMILES string of the molecule is CCOc1ccc([N+](=O)[O-])c([C@@H](OCc2cn([C@H]3CC(O)[C@@H](CO)O3)c(=O)[nH]c2=O)C(C)(C)C)c1. The molecule has 0 amide bonds. The summed E-state index contributed by atoms with van der Waals surface area (Å²) in [6.45, 7) is 7.05. The topological polar surface area (TPSA) is 166 Å². The molecule has 0 radical (unpaired) electrons. The Balaban J connectivity index is 1.94. The molecular weight excluding hydrogens is 462 g/mol. The van der Waals surface area contributed by atoms with Crippen LogP contribution in [0.2, 0.25) is 0 Å². The fraction of sp³-hybridized carbons (Fsp3) is 0.565. The van der Waals surface area contributed by atoms with Crippen molar-refractivity contribution in [1.29, 1.82) is 0 Å². The number of benzene rings is 1. The minimum atomic E-state index is -0.966. The predicted molar refractivity (Wildman–Crippen MR) is 124 cm³/mol. The number of ether oxygens (including phenoxy) is 3. The number of aliphatic hydroxyl groups is 2. The highest BCUT2D eigenvalue weighted by atomic mass is 16.6. The fourth-order valence-corrected chi connectivity index (χ4v) is 4.04. The zero-order valence-corrected chi connectivity index (χ0v) is 20.1. The van der Waals surface area contributed by atoms with Crippen LogP contribution in [0.25, 0.3) is 0 Å². The van der Waals surface area contributed by atoms with Gasteiger partial charge in [-0.2, -0.15) is 0 Å². The average molecular weight is 494 g/mol. The van der Waals surface area contributed by atoms with Gasteiger partial charge in [-0.1, -0.05) is 20.8 Å². The lowest BCUT2D eigenvalue weighted by atomic mass is 9.83. The molecule has 0 saturated carbocycles. The van der Waals surface area contributed by atoms with E-state index in [0.29, 0.717) is 17.9 Å². The Morgan fingerprint density at radius 1 is 1.34 bits per heavy atom. The minimum absolute atomic E-state index is 0.0541. The summed E-state index contributed by atoms with van der Waals surface area (Å²) in [4.78, 5) is 38.3. The minimum Gasteiger partial charge on any atom is -0.494 e. The van der Waals surface area contributed by atoms with Crippen LogP contribution in [-0.4, -0.2) is 50.1 Å². The number of hydrogen-bond acceptors (Lipinski definition) is 9. The second-order valence-corrected chi connectivity index (χ2v) is 9.40. The van der Waals surface area contributed by atoms with Gasteiger partial charge in [-0.15, -0.1) is 0 Å². The molecule has 0 spiro atoms. The van der Waals surface area contributed by atoms with Crippen LogP contribution in [0.5, 0.6) is 5.75 Å². The number of H-pyrrole nitrogens is 1. The van der Waals surface area contributed by atoms with Crippen LogP contribution in [-0.2, 0) is 16.1 Å². The normalized spacial score (nSPS) is 21.1. The van der Waals surface area contributed by atoms with E-state index in [2.05, 4.69) is 4.98 Å². The number of nitro groups is 1. The Morgan fingerprint density at radius 2 is 2.06 bits per heavy atom. The van der Waals surface area contributed by atoms with Crippen molar-refractivity contribution in [1.82, 2.24) is 9.55 Å². The predicted octanol–water partition coefficient (Wildman–Crippen LogP) is 1.79. The summed E-state index contributed by atoms with van der Waals surface area (Å²) in [6, 6.07) is 4.43. The quantitative estimate of drug-likeness (QED) is 0.348. The molecule has 12 heteroatoms. The Bertz CT molecular complexity index is 1170. The van der Waals surface area contributed by atoms with Crippen molar-refractivity contribution in [3.05, 3.63) is 66.5 Å². The smallest absolute Gasteiger partial charge is 0.330 e. The maximum absolute atomic E-state index is 12.5. The molecule has 1 fully saturated rings. The van der Waals surface area contributed by atoms with Gasteiger partial charge in [0.05, 0.1) is 48.1 Å². The van der Waals surface area contributed by atoms with E-state index in [1.54, 1.807) is 13.0 Å². The third kappa shape index (κ3) is 5.96. The monoisotopic (exact) mass is 493 g/mol. The Hall–Kier alpha value is -3.06. The number of aromatic amines is 1. The molecule has 1 aliphatic heterocycles. The first-order valence-corrected chi connectivity index (χ1v) is 11.3. The molecule has 1 aliphatic rings. The van der Waals surface area contributed by atoms with Gasteiger partial charge in [0.1, 0.15) is 18.1 Å². The zero-order chi connectivity index (χ0) is 25.9. The van der Waals surface area contributed by atoms with Crippen LogP contribution in [0.1, 0.15) is 57.6 Å². The van der Waals surface area contributed by atoms with Gasteiger partial charge in [-0.3, -0.25) is 24.5 Å². The summed E-state index contributed by atoms with van der Waals surface area (Å²) in [5.41, 5.74) is -1.77. The van der Waals surface area contributed by atoms with E-state index in [-0.39, 0.29) is 24.3 Å². The number of nitrogens with zero attached hydrogens (tertiary/aromatic N) is 2. The molecule has 3 N–H and O–H groups in total. The highest BCUT2D eigenvalue weighted by Gasteiger charge is 2.36. The number of rotatable bonds is 9. The second-order valence-electron chi connectivity index (χ2n) is 9.40. The van der Waals surface area contributed by atoms with Crippen molar-refractivity contribution in [2.24, 2.45) is 5.41 Å². The van der Waals surface area contributed by atoms with Gasteiger partial charge < -0.3 is 24.4 Å². The first-order valence-electron chi connectivity index (χ1n) is 11.3. The molecule has 12 nitrogen and oxygen atoms in total. The molecule has 2 heterocycles. The number of aliphatic hydroxyl groups excluding tert-OH is 2. The van der Waals surface area contributed by atoms with Crippen molar-refractivity contribution in [2.45, 2.75) is 65.3 Å². The third-order valence-corrected chi connectivity index (χ3v) is 5.72. The van der Waals surface area contributed by atoms with Gasteiger partial charge in [-0.25, -0.2) is 4.79 Å². The molecule has 192 valence electrons. The fourth-order valence-electron chi connectivity index (χ4n) is 4.04. The lowest BCUT2D eigenvalue weighted by Gasteiger charge is -2.31. The number of nitro benzene ring substituents is 1. The van der Waals surface area contributed by atoms with Crippen LogP contribution in [0.15, 0.2) is 34.0 Å². The summed E-state index contributed by atoms with van der Waals surface area (Å²) in [6.07, 6.45) is -2.16.